The van der Waals surface area contributed by atoms with Crippen LogP contribution in [0.1, 0.15) is 20.3 Å². The third-order valence-electron chi connectivity index (χ3n) is 2.38. The van der Waals surface area contributed by atoms with E-state index in [0.29, 0.717) is 0 Å². The first-order valence-electron chi connectivity index (χ1n) is 4.68. The molecule has 0 saturated heterocycles. The number of carbonyl (C=O) groups is 2. The SMILES string of the molecule is CN(C)C(=O)CCS(=O)(=O)C(C)(C)C(=O)O. The van der Waals surface area contributed by atoms with Crippen molar-refractivity contribution in [3.8, 4) is 0 Å². The summed E-state index contributed by atoms with van der Waals surface area (Å²) in [5.41, 5.74) is 0. The van der Waals surface area contributed by atoms with Gasteiger partial charge < -0.3 is 10.0 Å². The number of sulfone groups is 1. The van der Waals surface area contributed by atoms with E-state index in [1.165, 1.54) is 19.0 Å². The summed E-state index contributed by atoms with van der Waals surface area (Å²) in [6.07, 6.45) is -0.202. The van der Waals surface area contributed by atoms with Crippen LogP contribution in [0.4, 0.5) is 0 Å². The zero-order chi connectivity index (χ0) is 13.1. The first-order valence-corrected chi connectivity index (χ1v) is 6.33. The summed E-state index contributed by atoms with van der Waals surface area (Å²) in [5.74, 6) is -2.21. The number of aliphatic carboxylic acids is 1. The second-order valence-corrected chi connectivity index (χ2v) is 6.83. The normalized spacial score (nSPS) is 12.2. The van der Waals surface area contributed by atoms with Gasteiger partial charge in [0.1, 0.15) is 0 Å². The fraction of sp³-hybridized carbons (Fsp3) is 0.778. The van der Waals surface area contributed by atoms with Crippen LogP contribution in [0.15, 0.2) is 0 Å². The lowest BCUT2D eigenvalue weighted by molar-refractivity contribution is -0.139. The Kier molecular flexibility index (Phi) is 4.48. The van der Waals surface area contributed by atoms with Crippen LogP contribution in [-0.2, 0) is 19.4 Å². The Morgan fingerprint density at radius 3 is 2.00 bits per heavy atom. The second-order valence-electron chi connectivity index (χ2n) is 4.17. The molecule has 0 aliphatic carbocycles. The van der Waals surface area contributed by atoms with Crippen LogP contribution in [0.25, 0.3) is 0 Å². The topological polar surface area (TPSA) is 91.8 Å². The van der Waals surface area contributed by atoms with Crippen LogP contribution in [0.2, 0.25) is 0 Å². The molecule has 0 atom stereocenters. The Bertz CT molecular complexity index is 383. The quantitative estimate of drug-likeness (QED) is 0.727. The van der Waals surface area contributed by atoms with E-state index >= 15 is 0 Å². The standard InChI is InChI=1S/C9H17NO5S/c1-9(2,8(12)13)16(14,15)6-5-7(11)10(3)4/h5-6H2,1-4H3,(H,12,13). The minimum Gasteiger partial charge on any atom is -0.480 e. The van der Waals surface area contributed by atoms with E-state index in [9.17, 15) is 18.0 Å². The van der Waals surface area contributed by atoms with Gasteiger partial charge in [-0.05, 0) is 13.8 Å². The summed E-state index contributed by atoms with van der Waals surface area (Å²) in [6.45, 7) is 2.23. The highest BCUT2D eigenvalue weighted by molar-refractivity contribution is 7.93. The maximum absolute atomic E-state index is 11.7. The highest BCUT2D eigenvalue weighted by Gasteiger charge is 2.41. The molecule has 16 heavy (non-hydrogen) atoms. The highest BCUT2D eigenvalue weighted by Crippen LogP contribution is 2.18. The smallest absolute Gasteiger partial charge is 0.324 e. The van der Waals surface area contributed by atoms with Crippen molar-refractivity contribution in [2.75, 3.05) is 19.8 Å². The summed E-state index contributed by atoms with van der Waals surface area (Å²) in [6, 6.07) is 0. The van der Waals surface area contributed by atoms with Crippen molar-refractivity contribution in [3.63, 3.8) is 0 Å². The molecular weight excluding hydrogens is 234 g/mol. The highest BCUT2D eigenvalue weighted by atomic mass is 32.2. The van der Waals surface area contributed by atoms with Gasteiger partial charge in [-0.25, -0.2) is 8.42 Å². The largest absolute Gasteiger partial charge is 0.480 e. The number of carboxylic acid groups (broad SMARTS) is 1. The number of hydrogen-bond donors (Lipinski definition) is 1. The fourth-order valence-corrected chi connectivity index (χ4v) is 2.05. The summed E-state index contributed by atoms with van der Waals surface area (Å²) in [4.78, 5) is 23.2. The molecule has 0 aromatic heterocycles. The van der Waals surface area contributed by atoms with Gasteiger partial charge >= 0.3 is 5.97 Å². The molecule has 0 heterocycles. The van der Waals surface area contributed by atoms with Gasteiger partial charge in [0.05, 0.1) is 5.75 Å². The van der Waals surface area contributed by atoms with Crippen LogP contribution in [-0.4, -0.2) is 54.9 Å². The molecule has 0 rings (SSSR count). The molecule has 0 aromatic rings. The maximum Gasteiger partial charge on any atom is 0.324 e. The number of carboxylic acids is 1. The predicted octanol–water partition coefficient (Wildman–Crippen LogP) is -0.257. The van der Waals surface area contributed by atoms with Crippen molar-refractivity contribution in [1.82, 2.24) is 4.90 Å². The minimum atomic E-state index is -3.83. The van der Waals surface area contributed by atoms with Gasteiger partial charge in [-0.3, -0.25) is 9.59 Å². The van der Waals surface area contributed by atoms with Crippen LogP contribution < -0.4 is 0 Å². The van der Waals surface area contributed by atoms with Gasteiger partial charge in [-0.2, -0.15) is 0 Å². The second kappa shape index (κ2) is 4.82. The molecule has 0 fully saturated rings. The minimum absolute atomic E-state index is 0.202. The maximum atomic E-state index is 11.7. The Morgan fingerprint density at radius 2 is 1.69 bits per heavy atom. The third-order valence-corrected chi connectivity index (χ3v) is 4.85. The van der Waals surface area contributed by atoms with Crippen LogP contribution >= 0.6 is 0 Å². The molecule has 94 valence electrons. The first kappa shape index (κ1) is 14.9. The third kappa shape index (κ3) is 3.19. The van der Waals surface area contributed by atoms with E-state index in [2.05, 4.69) is 0 Å². The number of amides is 1. The summed E-state index contributed by atoms with van der Waals surface area (Å²) in [7, 11) is -0.812. The first-order chi connectivity index (χ1) is 7.02. The van der Waals surface area contributed by atoms with Crippen molar-refractivity contribution < 1.29 is 23.1 Å². The van der Waals surface area contributed by atoms with Crippen molar-refractivity contribution in [3.05, 3.63) is 0 Å². The molecule has 1 N–H and O–H groups in total. The summed E-state index contributed by atoms with van der Waals surface area (Å²) >= 11 is 0. The van der Waals surface area contributed by atoms with Gasteiger partial charge in [0, 0.05) is 20.5 Å². The predicted molar refractivity (Wildman–Crippen MR) is 58.8 cm³/mol. The van der Waals surface area contributed by atoms with E-state index in [4.69, 9.17) is 5.11 Å². The van der Waals surface area contributed by atoms with Crippen molar-refractivity contribution in [2.45, 2.75) is 25.0 Å². The Labute approximate surface area is 95.2 Å². The zero-order valence-electron chi connectivity index (χ0n) is 9.85. The summed E-state index contributed by atoms with van der Waals surface area (Å²) < 4.78 is 21.5. The molecule has 0 spiro atoms. The van der Waals surface area contributed by atoms with Crippen molar-refractivity contribution in [1.29, 1.82) is 0 Å². The molecule has 0 unspecified atom stereocenters. The van der Waals surface area contributed by atoms with Gasteiger partial charge in [-0.15, -0.1) is 0 Å². The molecule has 1 amide bonds. The summed E-state index contributed by atoms with van der Waals surface area (Å²) in [5, 5.41) is 8.78. The molecule has 0 aliphatic rings. The van der Waals surface area contributed by atoms with Gasteiger partial charge in [0.2, 0.25) is 5.91 Å². The number of carbonyl (C=O) groups excluding carboxylic acids is 1. The Morgan fingerprint density at radius 1 is 1.25 bits per heavy atom. The van der Waals surface area contributed by atoms with Crippen LogP contribution in [0, 0.1) is 0 Å². The van der Waals surface area contributed by atoms with E-state index in [1.54, 1.807) is 0 Å². The lowest BCUT2D eigenvalue weighted by Gasteiger charge is -2.20. The van der Waals surface area contributed by atoms with Gasteiger partial charge in [0.15, 0.2) is 14.6 Å². The molecule has 0 bridgehead atoms. The molecule has 0 aromatic carbocycles. The molecule has 0 radical (unpaired) electrons. The zero-order valence-corrected chi connectivity index (χ0v) is 10.7. The van der Waals surface area contributed by atoms with Crippen molar-refractivity contribution in [2.24, 2.45) is 0 Å². The average molecular weight is 251 g/mol. The van der Waals surface area contributed by atoms with E-state index in [-0.39, 0.29) is 12.3 Å². The average Bonchev–Trinajstić information content (AvgIpc) is 2.13. The van der Waals surface area contributed by atoms with Crippen LogP contribution in [0.5, 0.6) is 0 Å². The number of hydrogen-bond acceptors (Lipinski definition) is 4. The van der Waals surface area contributed by atoms with E-state index in [0.717, 1.165) is 13.8 Å². The van der Waals surface area contributed by atoms with E-state index in [1.807, 2.05) is 0 Å². The van der Waals surface area contributed by atoms with Gasteiger partial charge in [-0.1, -0.05) is 0 Å². The monoisotopic (exact) mass is 251 g/mol. The molecule has 0 aliphatic heterocycles. The Balaban J connectivity index is 4.74. The van der Waals surface area contributed by atoms with E-state index < -0.39 is 26.3 Å². The van der Waals surface area contributed by atoms with Gasteiger partial charge in [0.25, 0.3) is 0 Å². The molecule has 0 saturated carbocycles. The van der Waals surface area contributed by atoms with Crippen molar-refractivity contribution >= 4 is 21.7 Å². The number of nitrogens with zero attached hydrogens (tertiary/aromatic N) is 1. The lowest BCUT2D eigenvalue weighted by Crippen LogP contribution is -2.42. The number of rotatable bonds is 5. The molecule has 7 heteroatoms. The lowest BCUT2D eigenvalue weighted by atomic mass is 10.2. The Hall–Kier alpha value is -1.11. The molecular formula is C9H17NO5S. The van der Waals surface area contributed by atoms with Crippen LogP contribution in [0.3, 0.4) is 0 Å². The fourth-order valence-electron chi connectivity index (χ4n) is 0.833. The molecule has 6 nitrogen and oxygen atoms in total.